The quantitative estimate of drug-likeness (QED) is 0.816. The molecule has 17 heavy (non-hydrogen) atoms. The Morgan fingerprint density at radius 2 is 1.94 bits per heavy atom. The SMILES string of the molecule is CN(CC1(O)CCCCC1)C1CCS(=O)(=O)C1. The van der Waals surface area contributed by atoms with Crippen molar-refractivity contribution in [3.8, 4) is 0 Å². The van der Waals surface area contributed by atoms with Gasteiger partial charge in [-0.1, -0.05) is 19.3 Å². The highest BCUT2D eigenvalue weighted by Crippen LogP contribution is 2.30. The van der Waals surface area contributed by atoms with E-state index in [0.29, 0.717) is 12.3 Å². The standard InChI is InChI=1S/C12H23NO3S/c1-13(11-5-8-17(15,16)9-11)10-12(14)6-3-2-4-7-12/h11,14H,2-10H2,1H3. The maximum absolute atomic E-state index is 11.4. The van der Waals surface area contributed by atoms with Crippen molar-refractivity contribution < 1.29 is 13.5 Å². The van der Waals surface area contributed by atoms with Gasteiger partial charge in [0.15, 0.2) is 9.84 Å². The van der Waals surface area contributed by atoms with Gasteiger partial charge in [-0.25, -0.2) is 8.42 Å². The van der Waals surface area contributed by atoms with Gasteiger partial charge in [0.2, 0.25) is 0 Å². The second-order valence-electron chi connectivity index (χ2n) is 5.76. The molecule has 100 valence electrons. The molecule has 1 atom stereocenters. The molecule has 0 aromatic heterocycles. The van der Waals surface area contributed by atoms with E-state index >= 15 is 0 Å². The van der Waals surface area contributed by atoms with Crippen LogP contribution in [0, 0.1) is 0 Å². The van der Waals surface area contributed by atoms with Gasteiger partial charge in [-0.05, 0) is 26.3 Å². The molecule has 0 amide bonds. The van der Waals surface area contributed by atoms with Gasteiger partial charge in [-0.3, -0.25) is 4.90 Å². The van der Waals surface area contributed by atoms with E-state index in [9.17, 15) is 13.5 Å². The van der Waals surface area contributed by atoms with Crippen molar-refractivity contribution in [3.05, 3.63) is 0 Å². The van der Waals surface area contributed by atoms with Crippen LogP contribution in [0.4, 0.5) is 0 Å². The Kier molecular flexibility index (Phi) is 3.80. The third kappa shape index (κ3) is 3.42. The summed E-state index contributed by atoms with van der Waals surface area (Å²) in [5.41, 5.74) is -0.584. The highest BCUT2D eigenvalue weighted by molar-refractivity contribution is 7.91. The minimum atomic E-state index is -2.82. The lowest BCUT2D eigenvalue weighted by molar-refractivity contribution is -0.0272. The molecule has 1 saturated carbocycles. The minimum absolute atomic E-state index is 0.103. The second-order valence-corrected chi connectivity index (χ2v) is 7.99. The number of hydrogen-bond acceptors (Lipinski definition) is 4. The average molecular weight is 261 g/mol. The molecule has 1 unspecified atom stereocenters. The number of nitrogens with zero attached hydrogens (tertiary/aromatic N) is 1. The van der Waals surface area contributed by atoms with Crippen molar-refractivity contribution >= 4 is 9.84 Å². The van der Waals surface area contributed by atoms with Gasteiger partial charge in [0.05, 0.1) is 17.1 Å². The van der Waals surface area contributed by atoms with Crippen LogP contribution in [0.25, 0.3) is 0 Å². The van der Waals surface area contributed by atoms with E-state index in [-0.39, 0.29) is 11.8 Å². The van der Waals surface area contributed by atoms with Gasteiger partial charge < -0.3 is 5.11 Å². The molecule has 1 heterocycles. The summed E-state index contributed by atoms with van der Waals surface area (Å²) in [7, 11) is -0.882. The van der Waals surface area contributed by atoms with E-state index in [1.165, 1.54) is 6.42 Å². The summed E-state index contributed by atoms with van der Waals surface area (Å²) < 4.78 is 22.9. The molecular formula is C12H23NO3S. The van der Waals surface area contributed by atoms with Crippen LogP contribution < -0.4 is 0 Å². The number of hydrogen-bond donors (Lipinski definition) is 1. The lowest BCUT2D eigenvalue weighted by Crippen LogP contribution is -2.47. The fraction of sp³-hybridized carbons (Fsp3) is 1.00. The maximum Gasteiger partial charge on any atom is 0.151 e. The lowest BCUT2D eigenvalue weighted by Gasteiger charge is -2.37. The Bertz CT molecular complexity index is 360. The Morgan fingerprint density at radius 3 is 2.47 bits per heavy atom. The molecule has 0 spiro atoms. The maximum atomic E-state index is 11.4. The van der Waals surface area contributed by atoms with Crippen LogP contribution in [0.1, 0.15) is 38.5 Å². The first-order valence-electron chi connectivity index (χ1n) is 6.53. The summed E-state index contributed by atoms with van der Waals surface area (Å²) >= 11 is 0. The van der Waals surface area contributed by atoms with Gasteiger partial charge in [0, 0.05) is 12.6 Å². The molecule has 0 aromatic carbocycles. The van der Waals surface area contributed by atoms with Crippen LogP contribution >= 0.6 is 0 Å². The topological polar surface area (TPSA) is 57.6 Å². The molecule has 0 bridgehead atoms. The summed E-state index contributed by atoms with van der Waals surface area (Å²) in [4.78, 5) is 2.05. The van der Waals surface area contributed by atoms with Gasteiger partial charge in [-0.15, -0.1) is 0 Å². The number of likely N-dealkylation sites (N-methyl/N-ethyl adjacent to an activating group) is 1. The smallest absolute Gasteiger partial charge is 0.151 e. The molecule has 1 saturated heterocycles. The van der Waals surface area contributed by atoms with Crippen molar-refractivity contribution in [3.63, 3.8) is 0 Å². The zero-order valence-electron chi connectivity index (χ0n) is 10.6. The highest BCUT2D eigenvalue weighted by Gasteiger charge is 2.36. The van der Waals surface area contributed by atoms with Crippen LogP contribution in [0.3, 0.4) is 0 Å². The third-order valence-corrected chi connectivity index (χ3v) is 5.91. The van der Waals surface area contributed by atoms with E-state index in [1.807, 2.05) is 7.05 Å². The third-order valence-electron chi connectivity index (χ3n) is 4.16. The predicted molar refractivity (Wildman–Crippen MR) is 67.7 cm³/mol. The first-order valence-corrected chi connectivity index (χ1v) is 8.35. The van der Waals surface area contributed by atoms with Crippen molar-refractivity contribution in [1.82, 2.24) is 4.90 Å². The Hall–Kier alpha value is -0.130. The largest absolute Gasteiger partial charge is 0.389 e. The van der Waals surface area contributed by atoms with E-state index in [2.05, 4.69) is 4.90 Å². The Balaban J connectivity index is 1.90. The zero-order chi connectivity index (χ0) is 12.5. The Morgan fingerprint density at radius 1 is 1.29 bits per heavy atom. The molecule has 4 nitrogen and oxygen atoms in total. The molecule has 1 aliphatic heterocycles. The molecule has 1 aliphatic carbocycles. The molecule has 0 aromatic rings. The predicted octanol–water partition coefficient (Wildman–Crippen LogP) is 0.800. The van der Waals surface area contributed by atoms with Crippen LogP contribution in [0.15, 0.2) is 0 Å². The summed E-state index contributed by atoms with van der Waals surface area (Å²) in [5.74, 6) is 0.569. The van der Waals surface area contributed by atoms with Crippen LogP contribution in [0.5, 0.6) is 0 Å². The molecule has 2 fully saturated rings. The first-order chi connectivity index (χ1) is 7.90. The fourth-order valence-corrected chi connectivity index (χ4v) is 4.89. The van der Waals surface area contributed by atoms with E-state index in [1.54, 1.807) is 0 Å². The van der Waals surface area contributed by atoms with Gasteiger partial charge in [0.25, 0.3) is 0 Å². The minimum Gasteiger partial charge on any atom is -0.389 e. The fourth-order valence-electron chi connectivity index (χ4n) is 3.08. The highest BCUT2D eigenvalue weighted by atomic mass is 32.2. The van der Waals surface area contributed by atoms with Gasteiger partial charge in [-0.2, -0.15) is 0 Å². The van der Waals surface area contributed by atoms with Crippen molar-refractivity contribution in [1.29, 1.82) is 0 Å². The summed E-state index contributed by atoms with van der Waals surface area (Å²) in [6.07, 6.45) is 5.83. The molecule has 2 rings (SSSR count). The summed E-state index contributed by atoms with van der Waals surface area (Å²) in [6.45, 7) is 0.618. The van der Waals surface area contributed by atoms with Gasteiger partial charge in [0.1, 0.15) is 0 Å². The van der Waals surface area contributed by atoms with Crippen molar-refractivity contribution in [2.75, 3.05) is 25.1 Å². The average Bonchev–Trinajstić information content (AvgIpc) is 2.59. The van der Waals surface area contributed by atoms with E-state index in [4.69, 9.17) is 0 Å². The molecule has 1 N–H and O–H groups in total. The number of rotatable bonds is 3. The second kappa shape index (κ2) is 4.86. The summed E-state index contributed by atoms with van der Waals surface area (Å²) in [6, 6.07) is 0.103. The molecule has 5 heteroatoms. The van der Waals surface area contributed by atoms with Crippen molar-refractivity contribution in [2.45, 2.75) is 50.2 Å². The lowest BCUT2D eigenvalue weighted by atomic mass is 9.84. The monoisotopic (exact) mass is 261 g/mol. The molecule has 0 radical (unpaired) electrons. The van der Waals surface area contributed by atoms with E-state index < -0.39 is 15.4 Å². The first kappa shape index (κ1) is 13.3. The van der Waals surface area contributed by atoms with Crippen molar-refractivity contribution in [2.24, 2.45) is 0 Å². The Labute approximate surface area is 104 Å². The normalized spacial score (nSPS) is 31.8. The number of sulfone groups is 1. The summed E-state index contributed by atoms with van der Waals surface area (Å²) in [5, 5.41) is 10.4. The number of aliphatic hydroxyl groups is 1. The van der Waals surface area contributed by atoms with Crippen LogP contribution in [0.2, 0.25) is 0 Å². The van der Waals surface area contributed by atoms with Crippen LogP contribution in [-0.2, 0) is 9.84 Å². The molecule has 2 aliphatic rings. The van der Waals surface area contributed by atoms with E-state index in [0.717, 1.165) is 32.1 Å². The zero-order valence-corrected chi connectivity index (χ0v) is 11.4. The van der Waals surface area contributed by atoms with Gasteiger partial charge >= 0.3 is 0 Å². The molecular weight excluding hydrogens is 238 g/mol. The van der Waals surface area contributed by atoms with Crippen LogP contribution in [-0.4, -0.2) is 55.2 Å².